The molecule has 0 amide bonds. The number of nitrogens with zero attached hydrogens (tertiary/aromatic N) is 1. The van der Waals surface area contributed by atoms with E-state index in [9.17, 15) is 4.79 Å². The third-order valence-corrected chi connectivity index (χ3v) is 3.53. The Kier molecular flexibility index (Phi) is 6.52. The predicted octanol–water partition coefficient (Wildman–Crippen LogP) is 1.26. The van der Waals surface area contributed by atoms with Gasteiger partial charge in [0.1, 0.15) is 6.04 Å². The molecule has 0 saturated carbocycles. The Hall–Kier alpha value is -0.610. The molecule has 1 atom stereocenters. The molecule has 4 heteroatoms. The van der Waals surface area contributed by atoms with Crippen LogP contribution in [-0.2, 0) is 9.53 Å². The number of methoxy groups -OCH3 is 1. The number of piperidine rings is 1. The van der Waals surface area contributed by atoms with Crippen molar-refractivity contribution in [3.05, 3.63) is 0 Å². The molecule has 100 valence electrons. The van der Waals surface area contributed by atoms with E-state index in [1.807, 2.05) is 6.92 Å². The first-order chi connectivity index (χ1) is 8.13. The first-order valence-electron chi connectivity index (χ1n) is 6.67. The number of carbonyl (C=O) groups excluding carboxylic acids is 1. The van der Waals surface area contributed by atoms with Gasteiger partial charge in [0, 0.05) is 0 Å². The van der Waals surface area contributed by atoms with Crippen LogP contribution in [0.2, 0.25) is 0 Å². The van der Waals surface area contributed by atoms with Gasteiger partial charge in [-0.15, -0.1) is 0 Å². The molecule has 1 N–H and O–H groups in total. The first-order valence-corrected chi connectivity index (χ1v) is 6.67. The van der Waals surface area contributed by atoms with E-state index in [0.717, 1.165) is 25.4 Å². The van der Waals surface area contributed by atoms with Gasteiger partial charge in [0.15, 0.2) is 0 Å². The number of likely N-dealkylation sites (tertiary alicyclic amines) is 1. The topological polar surface area (TPSA) is 41.6 Å². The van der Waals surface area contributed by atoms with Crippen LogP contribution in [0.15, 0.2) is 0 Å². The molecular formula is C13H26N2O2. The highest BCUT2D eigenvalue weighted by Crippen LogP contribution is 2.15. The Labute approximate surface area is 105 Å². The molecule has 0 aliphatic carbocycles. The van der Waals surface area contributed by atoms with Crippen molar-refractivity contribution in [1.82, 2.24) is 10.2 Å². The van der Waals surface area contributed by atoms with Gasteiger partial charge >= 0.3 is 5.97 Å². The highest BCUT2D eigenvalue weighted by molar-refractivity contribution is 5.74. The SMILES string of the molecule is COC(=O)C(C)NCCCN1CCC(C)CC1. The summed E-state index contributed by atoms with van der Waals surface area (Å²) in [7, 11) is 1.43. The minimum atomic E-state index is -0.193. The summed E-state index contributed by atoms with van der Waals surface area (Å²) in [6.07, 6.45) is 3.74. The summed E-state index contributed by atoms with van der Waals surface area (Å²) in [5.74, 6) is 0.709. The largest absolute Gasteiger partial charge is 0.468 e. The summed E-state index contributed by atoms with van der Waals surface area (Å²) < 4.78 is 4.66. The Bertz CT molecular complexity index is 225. The Morgan fingerprint density at radius 2 is 2.12 bits per heavy atom. The van der Waals surface area contributed by atoms with Crippen LogP contribution in [0, 0.1) is 5.92 Å². The fraction of sp³-hybridized carbons (Fsp3) is 0.923. The van der Waals surface area contributed by atoms with E-state index >= 15 is 0 Å². The summed E-state index contributed by atoms with van der Waals surface area (Å²) in [5.41, 5.74) is 0. The molecule has 1 heterocycles. The highest BCUT2D eigenvalue weighted by Gasteiger charge is 2.15. The lowest BCUT2D eigenvalue weighted by Crippen LogP contribution is -2.38. The van der Waals surface area contributed by atoms with Gasteiger partial charge in [-0.2, -0.15) is 0 Å². The minimum Gasteiger partial charge on any atom is -0.468 e. The Morgan fingerprint density at radius 1 is 1.47 bits per heavy atom. The smallest absolute Gasteiger partial charge is 0.322 e. The maximum Gasteiger partial charge on any atom is 0.322 e. The molecule has 0 aromatic carbocycles. The molecule has 1 saturated heterocycles. The number of carbonyl (C=O) groups is 1. The van der Waals surface area contributed by atoms with Crippen molar-refractivity contribution >= 4 is 5.97 Å². The molecule has 0 aromatic rings. The van der Waals surface area contributed by atoms with E-state index in [4.69, 9.17) is 0 Å². The van der Waals surface area contributed by atoms with Crippen LogP contribution in [-0.4, -0.2) is 50.2 Å². The van der Waals surface area contributed by atoms with E-state index in [1.54, 1.807) is 0 Å². The number of nitrogens with one attached hydrogen (secondary N) is 1. The average Bonchev–Trinajstić information content (AvgIpc) is 2.35. The molecule has 0 aromatic heterocycles. The third-order valence-electron chi connectivity index (χ3n) is 3.53. The number of hydrogen-bond donors (Lipinski definition) is 1. The molecule has 1 fully saturated rings. The molecule has 1 unspecified atom stereocenters. The van der Waals surface area contributed by atoms with Crippen LogP contribution in [0.1, 0.15) is 33.1 Å². The number of ether oxygens (including phenoxy) is 1. The second kappa shape index (κ2) is 7.67. The second-order valence-corrected chi connectivity index (χ2v) is 5.08. The van der Waals surface area contributed by atoms with Crippen molar-refractivity contribution in [2.75, 3.05) is 33.3 Å². The van der Waals surface area contributed by atoms with Crippen molar-refractivity contribution in [3.63, 3.8) is 0 Å². The molecular weight excluding hydrogens is 216 g/mol. The summed E-state index contributed by atoms with van der Waals surface area (Å²) in [6.45, 7) is 8.64. The maximum absolute atomic E-state index is 11.1. The second-order valence-electron chi connectivity index (χ2n) is 5.08. The van der Waals surface area contributed by atoms with Gasteiger partial charge < -0.3 is 15.0 Å². The normalized spacial score (nSPS) is 20.2. The van der Waals surface area contributed by atoms with Gasteiger partial charge in [0.2, 0.25) is 0 Å². The van der Waals surface area contributed by atoms with E-state index in [-0.39, 0.29) is 12.0 Å². The molecule has 4 nitrogen and oxygen atoms in total. The molecule has 1 rings (SSSR count). The van der Waals surface area contributed by atoms with E-state index in [0.29, 0.717) is 0 Å². The monoisotopic (exact) mass is 242 g/mol. The highest BCUT2D eigenvalue weighted by atomic mass is 16.5. The number of esters is 1. The van der Waals surface area contributed by atoms with Gasteiger partial charge in [-0.1, -0.05) is 6.92 Å². The third kappa shape index (κ3) is 5.50. The lowest BCUT2D eigenvalue weighted by molar-refractivity contribution is -0.142. The van der Waals surface area contributed by atoms with Crippen molar-refractivity contribution in [2.45, 2.75) is 39.2 Å². The lowest BCUT2D eigenvalue weighted by atomic mass is 9.99. The van der Waals surface area contributed by atoms with Gasteiger partial charge in [-0.3, -0.25) is 4.79 Å². The fourth-order valence-corrected chi connectivity index (χ4v) is 2.17. The molecule has 0 spiro atoms. The van der Waals surface area contributed by atoms with E-state index in [2.05, 4.69) is 21.9 Å². The van der Waals surface area contributed by atoms with E-state index in [1.165, 1.54) is 33.0 Å². The van der Waals surface area contributed by atoms with Crippen LogP contribution >= 0.6 is 0 Å². The van der Waals surface area contributed by atoms with Crippen LogP contribution in [0.4, 0.5) is 0 Å². The molecule has 0 bridgehead atoms. The predicted molar refractivity (Wildman–Crippen MR) is 68.9 cm³/mol. The van der Waals surface area contributed by atoms with Gasteiger partial charge in [-0.25, -0.2) is 0 Å². The zero-order valence-corrected chi connectivity index (χ0v) is 11.4. The van der Waals surface area contributed by atoms with Gasteiger partial charge in [-0.05, 0) is 58.3 Å². The first kappa shape index (κ1) is 14.5. The molecule has 17 heavy (non-hydrogen) atoms. The van der Waals surface area contributed by atoms with Crippen molar-refractivity contribution in [1.29, 1.82) is 0 Å². The maximum atomic E-state index is 11.1. The standard InChI is InChI=1S/C13H26N2O2/c1-11-5-9-15(10-6-11)8-4-7-14-12(2)13(16)17-3/h11-12,14H,4-10H2,1-3H3. The minimum absolute atomic E-state index is 0.184. The van der Waals surface area contributed by atoms with Gasteiger partial charge in [0.25, 0.3) is 0 Å². The van der Waals surface area contributed by atoms with Gasteiger partial charge in [0.05, 0.1) is 7.11 Å². The summed E-state index contributed by atoms with van der Waals surface area (Å²) in [6, 6.07) is -0.193. The molecule has 1 aliphatic heterocycles. The lowest BCUT2D eigenvalue weighted by Gasteiger charge is -2.30. The van der Waals surface area contributed by atoms with Crippen molar-refractivity contribution < 1.29 is 9.53 Å². The van der Waals surface area contributed by atoms with E-state index < -0.39 is 0 Å². The summed E-state index contributed by atoms with van der Waals surface area (Å²) >= 11 is 0. The molecule has 0 radical (unpaired) electrons. The van der Waals surface area contributed by atoms with Crippen molar-refractivity contribution in [3.8, 4) is 0 Å². The quantitative estimate of drug-likeness (QED) is 0.562. The Morgan fingerprint density at radius 3 is 2.71 bits per heavy atom. The molecule has 1 aliphatic rings. The van der Waals surface area contributed by atoms with Crippen molar-refractivity contribution in [2.24, 2.45) is 5.92 Å². The van der Waals surface area contributed by atoms with Crippen LogP contribution in [0.3, 0.4) is 0 Å². The summed E-state index contributed by atoms with van der Waals surface area (Å²) in [5, 5.41) is 3.18. The number of rotatable bonds is 6. The zero-order valence-electron chi connectivity index (χ0n) is 11.4. The zero-order chi connectivity index (χ0) is 12.7. The fourth-order valence-electron chi connectivity index (χ4n) is 2.17. The number of hydrogen-bond acceptors (Lipinski definition) is 4. The van der Waals surface area contributed by atoms with Crippen LogP contribution < -0.4 is 5.32 Å². The van der Waals surface area contributed by atoms with Crippen LogP contribution in [0.5, 0.6) is 0 Å². The Balaban J connectivity index is 2.02. The summed E-state index contributed by atoms with van der Waals surface area (Å²) in [4.78, 5) is 13.7. The van der Waals surface area contributed by atoms with Crippen LogP contribution in [0.25, 0.3) is 0 Å². The average molecular weight is 242 g/mol.